The van der Waals surface area contributed by atoms with E-state index in [0.29, 0.717) is 23.7 Å². The number of likely N-dealkylation sites (N-methyl/N-ethyl adjacent to an activating group) is 1. The molecule has 142 valence electrons. The molecule has 1 aromatic carbocycles. The number of anilines is 1. The lowest BCUT2D eigenvalue weighted by molar-refractivity contribution is -0.109. The minimum absolute atomic E-state index is 0.000516. The van der Waals surface area contributed by atoms with Crippen molar-refractivity contribution >= 4 is 43.6 Å². The second-order valence-corrected chi connectivity index (χ2v) is 7.28. The summed E-state index contributed by atoms with van der Waals surface area (Å²) >= 11 is 1.54. The van der Waals surface area contributed by atoms with Crippen molar-refractivity contribution in [3.63, 3.8) is 0 Å². The molecule has 0 aliphatic rings. The number of hydrogen-bond donors (Lipinski definition) is 2. The van der Waals surface area contributed by atoms with E-state index in [1.54, 1.807) is 18.5 Å². The van der Waals surface area contributed by atoms with Crippen LogP contribution in [0.25, 0.3) is 20.2 Å². The first-order valence-corrected chi connectivity index (χ1v) is 9.96. The molecule has 0 unspecified atom stereocenters. The number of pyridine rings is 1. The number of carbonyl (C=O) groups is 1. The fraction of sp³-hybridized carbons (Fsp3) is 0.350. The molecule has 27 heavy (non-hydrogen) atoms. The van der Waals surface area contributed by atoms with Crippen molar-refractivity contribution in [3.05, 3.63) is 46.4 Å². The SMILES string of the molecule is CCN(CC)CCNc1ccc(CNC=O)c2sc3cnccc3c(=O)c12. The number of amides is 1. The van der Waals surface area contributed by atoms with Crippen molar-refractivity contribution < 1.29 is 4.79 Å². The van der Waals surface area contributed by atoms with Crippen LogP contribution < -0.4 is 16.1 Å². The molecule has 2 heterocycles. The van der Waals surface area contributed by atoms with E-state index in [-0.39, 0.29) is 5.43 Å². The summed E-state index contributed by atoms with van der Waals surface area (Å²) in [5.74, 6) is 0. The zero-order chi connectivity index (χ0) is 19.2. The quantitative estimate of drug-likeness (QED) is 0.438. The monoisotopic (exact) mass is 384 g/mol. The molecule has 0 aliphatic heterocycles. The highest BCUT2D eigenvalue weighted by molar-refractivity contribution is 7.24. The standard InChI is InChI=1S/C20H24N4O2S/c1-3-24(4-2)10-9-23-16-6-5-14(11-22-13-25)20-18(16)19(26)15-7-8-21-12-17(15)27-20/h5-8,12-13,23H,3-4,9-11H2,1-2H3,(H,22,25). The summed E-state index contributed by atoms with van der Waals surface area (Å²) in [4.78, 5) is 30.4. The van der Waals surface area contributed by atoms with E-state index in [9.17, 15) is 9.59 Å². The van der Waals surface area contributed by atoms with Gasteiger partial charge in [0.2, 0.25) is 6.41 Å². The van der Waals surface area contributed by atoms with Crippen LogP contribution in [0.15, 0.2) is 35.4 Å². The molecule has 0 atom stereocenters. The Bertz CT molecular complexity index is 998. The van der Waals surface area contributed by atoms with E-state index in [1.165, 1.54) is 11.3 Å². The van der Waals surface area contributed by atoms with Crippen LogP contribution in [0, 0.1) is 0 Å². The third-order valence-corrected chi connectivity index (χ3v) is 5.94. The zero-order valence-corrected chi connectivity index (χ0v) is 16.4. The van der Waals surface area contributed by atoms with Crippen LogP contribution in [-0.2, 0) is 11.3 Å². The van der Waals surface area contributed by atoms with Crippen molar-refractivity contribution in [2.75, 3.05) is 31.5 Å². The second-order valence-electron chi connectivity index (χ2n) is 6.23. The fourth-order valence-corrected chi connectivity index (χ4v) is 4.37. The van der Waals surface area contributed by atoms with Gasteiger partial charge in [0.1, 0.15) is 0 Å². The van der Waals surface area contributed by atoms with Gasteiger partial charge >= 0.3 is 0 Å². The van der Waals surface area contributed by atoms with Gasteiger partial charge < -0.3 is 15.5 Å². The third-order valence-electron chi connectivity index (χ3n) is 4.72. The Kier molecular flexibility index (Phi) is 6.36. The molecule has 0 saturated heterocycles. The van der Waals surface area contributed by atoms with E-state index in [1.807, 2.05) is 12.1 Å². The van der Waals surface area contributed by atoms with Gasteiger partial charge in [0, 0.05) is 47.8 Å². The van der Waals surface area contributed by atoms with Crippen LogP contribution in [0.4, 0.5) is 5.69 Å². The molecule has 3 aromatic rings. The normalized spacial score (nSPS) is 11.2. The van der Waals surface area contributed by atoms with Crippen molar-refractivity contribution in [2.24, 2.45) is 0 Å². The average Bonchev–Trinajstić information content (AvgIpc) is 2.70. The van der Waals surface area contributed by atoms with Crippen molar-refractivity contribution in [2.45, 2.75) is 20.4 Å². The van der Waals surface area contributed by atoms with E-state index >= 15 is 0 Å². The Balaban J connectivity index is 2.07. The van der Waals surface area contributed by atoms with Crippen molar-refractivity contribution in [1.29, 1.82) is 0 Å². The summed E-state index contributed by atoms with van der Waals surface area (Å²) in [6.45, 7) is 8.36. The fourth-order valence-electron chi connectivity index (χ4n) is 3.19. The van der Waals surface area contributed by atoms with Crippen LogP contribution in [0.1, 0.15) is 19.4 Å². The highest BCUT2D eigenvalue weighted by atomic mass is 32.1. The molecule has 0 radical (unpaired) electrons. The Morgan fingerprint density at radius 2 is 2.04 bits per heavy atom. The van der Waals surface area contributed by atoms with Gasteiger partial charge in [0.15, 0.2) is 5.43 Å². The van der Waals surface area contributed by atoms with Crippen LogP contribution in [0.5, 0.6) is 0 Å². The molecule has 0 spiro atoms. The number of hydrogen-bond acceptors (Lipinski definition) is 6. The van der Waals surface area contributed by atoms with E-state index in [2.05, 4.69) is 34.4 Å². The number of nitrogens with one attached hydrogen (secondary N) is 2. The van der Waals surface area contributed by atoms with E-state index in [4.69, 9.17) is 0 Å². The summed E-state index contributed by atoms with van der Waals surface area (Å²) < 4.78 is 1.74. The molecular formula is C20H24N4O2S. The predicted molar refractivity (Wildman–Crippen MR) is 113 cm³/mol. The number of rotatable bonds is 9. The molecule has 2 N–H and O–H groups in total. The lowest BCUT2D eigenvalue weighted by Gasteiger charge is -2.19. The van der Waals surface area contributed by atoms with Gasteiger partial charge in [0.25, 0.3) is 0 Å². The molecular weight excluding hydrogens is 360 g/mol. The molecule has 2 aromatic heterocycles. The number of aromatic nitrogens is 1. The van der Waals surface area contributed by atoms with Crippen LogP contribution in [0.2, 0.25) is 0 Å². The molecule has 0 saturated carbocycles. The first-order chi connectivity index (χ1) is 13.2. The third kappa shape index (κ3) is 4.09. The maximum absolute atomic E-state index is 13.2. The van der Waals surface area contributed by atoms with Crippen molar-refractivity contribution in [3.8, 4) is 0 Å². The maximum Gasteiger partial charge on any atom is 0.207 e. The van der Waals surface area contributed by atoms with Gasteiger partial charge in [-0.05, 0) is 30.8 Å². The Morgan fingerprint density at radius 3 is 2.78 bits per heavy atom. The largest absolute Gasteiger partial charge is 0.383 e. The molecule has 6 nitrogen and oxygen atoms in total. The topological polar surface area (TPSA) is 74.3 Å². The summed E-state index contributed by atoms with van der Waals surface area (Å²) in [5.41, 5.74) is 1.77. The van der Waals surface area contributed by atoms with Gasteiger partial charge in [-0.1, -0.05) is 19.9 Å². The summed E-state index contributed by atoms with van der Waals surface area (Å²) in [6.07, 6.45) is 4.04. The Morgan fingerprint density at radius 1 is 1.22 bits per heavy atom. The van der Waals surface area contributed by atoms with E-state index in [0.717, 1.165) is 46.8 Å². The molecule has 7 heteroatoms. The highest BCUT2D eigenvalue weighted by Gasteiger charge is 2.14. The number of fused-ring (bicyclic) bond motifs is 2. The smallest absolute Gasteiger partial charge is 0.207 e. The molecule has 0 fully saturated rings. The number of benzene rings is 1. The molecule has 3 rings (SSSR count). The van der Waals surface area contributed by atoms with Crippen LogP contribution in [0.3, 0.4) is 0 Å². The van der Waals surface area contributed by atoms with Gasteiger partial charge in [-0.25, -0.2) is 0 Å². The number of nitrogens with zero attached hydrogens (tertiary/aromatic N) is 2. The molecule has 1 amide bonds. The Hall–Kier alpha value is -2.51. The summed E-state index contributed by atoms with van der Waals surface area (Å²) in [5, 5.41) is 7.49. The van der Waals surface area contributed by atoms with Gasteiger partial charge in [-0.15, -0.1) is 11.3 Å². The van der Waals surface area contributed by atoms with Crippen molar-refractivity contribution in [1.82, 2.24) is 15.2 Å². The minimum atomic E-state index is -0.000516. The van der Waals surface area contributed by atoms with Gasteiger partial charge in [0.05, 0.1) is 10.1 Å². The minimum Gasteiger partial charge on any atom is -0.383 e. The first-order valence-electron chi connectivity index (χ1n) is 9.15. The predicted octanol–water partition coefficient (Wildman–Crippen LogP) is 2.81. The zero-order valence-electron chi connectivity index (χ0n) is 15.6. The number of carbonyl (C=O) groups excluding carboxylic acids is 1. The molecule has 0 bridgehead atoms. The average molecular weight is 385 g/mol. The van der Waals surface area contributed by atoms with Gasteiger partial charge in [-0.3, -0.25) is 14.6 Å². The maximum atomic E-state index is 13.2. The van der Waals surface area contributed by atoms with Gasteiger partial charge in [-0.2, -0.15) is 0 Å². The lowest BCUT2D eigenvalue weighted by atomic mass is 10.1. The Labute approximate surface area is 162 Å². The lowest BCUT2D eigenvalue weighted by Crippen LogP contribution is -2.28. The summed E-state index contributed by atoms with van der Waals surface area (Å²) in [7, 11) is 0. The first kappa shape index (κ1) is 19.3. The van der Waals surface area contributed by atoms with E-state index < -0.39 is 0 Å². The second kappa shape index (κ2) is 8.92. The summed E-state index contributed by atoms with van der Waals surface area (Å²) in [6, 6.07) is 5.67. The highest BCUT2D eigenvalue weighted by Crippen LogP contribution is 2.31. The molecule has 0 aliphatic carbocycles. The van der Waals surface area contributed by atoms with Crippen LogP contribution in [-0.4, -0.2) is 42.5 Å². The van der Waals surface area contributed by atoms with Crippen LogP contribution >= 0.6 is 11.3 Å².